The lowest BCUT2D eigenvalue weighted by Gasteiger charge is -1.99. The molecule has 0 aliphatic carbocycles. The van der Waals surface area contributed by atoms with Crippen LogP contribution in [0.25, 0.3) is 0 Å². The number of hydrogen-bond donors (Lipinski definition) is 1. The molecule has 1 aromatic heterocycles. The highest BCUT2D eigenvalue weighted by Gasteiger charge is 2.10. The summed E-state index contributed by atoms with van der Waals surface area (Å²) < 4.78 is 13.5. The first-order valence-corrected chi connectivity index (χ1v) is 6.90. The van der Waals surface area contributed by atoms with Crippen molar-refractivity contribution < 1.29 is 9.18 Å². The normalized spacial score (nSPS) is 11.0. The lowest BCUT2D eigenvalue weighted by Crippen LogP contribution is -1.93. The van der Waals surface area contributed by atoms with Gasteiger partial charge in [0.2, 0.25) is 5.13 Å². The van der Waals surface area contributed by atoms with Crippen molar-refractivity contribution in [2.75, 3.05) is 5.43 Å². The average molecular weight is 312 g/mol. The van der Waals surface area contributed by atoms with Crippen molar-refractivity contribution in [3.8, 4) is 0 Å². The van der Waals surface area contributed by atoms with E-state index in [2.05, 4.69) is 15.5 Å². The van der Waals surface area contributed by atoms with Gasteiger partial charge in [-0.25, -0.2) is 9.37 Å². The largest absolute Gasteiger partial charge is 0.294 e. The number of halogens is 2. The molecule has 0 amide bonds. The van der Waals surface area contributed by atoms with Crippen molar-refractivity contribution in [2.45, 2.75) is 13.8 Å². The third-order valence-corrected chi connectivity index (χ3v) is 3.96. The third kappa shape index (κ3) is 3.20. The molecule has 2 aromatic rings. The van der Waals surface area contributed by atoms with Crippen molar-refractivity contribution in [1.29, 1.82) is 0 Å². The maximum absolute atomic E-state index is 13.5. The predicted octanol–water partition coefficient (Wildman–Crippen LogP) is 3.89. The average Bonchev–Trinajstić information content (AvgIpc) is 2.74. The molecule has 0 spiro atoms. The van der Waals surface area contributed by atoms with Crippen LogP contribution < -0.4 is 5.43 Å². The van der Waals surface area contributed by atoms with Gasteiger partial charge >= 0.3 is 0 Å². The molecule has 0 radical (unpaired) electrons. The highest BCUT2D eigenvalue weighted by molar-refractivity contribution is 7.17. The van der Waals surface area contributed by atoms with Crippen molar-refractivity contribution in [1.82, 2.24) is 4.98 Å². The second-order valence-electron chi connectivity index (χ2n) is 4.00. The Kier molecular flexibility index (Phi) is 4.46. The number of aromatic nitrogens is 1. The number of carbonyl (C=O) groups is 1. The zero-order valence-corrected chi connectivity index (χ0v) is 12.3. The molecule has 1 aromatic carbocycles. The number of nitrogens with zero attached hydrogens (tertiary/aromatic N) is 2. The molecule has 104 valence electrons. The summed E-state index contributed by atoms with van der Waals surface area (Å²) in [6.45, 7) is 3.22. The topological polar surface area (TPSA) is 54.4 Å². The minimum absolute atomic E-state index is 0.0471. The van der Waals surface area contributed by atoms with E-state index in [1.807, 2.05) is 0 Å². The van der Waals surface area contributed by atoms with E-state index in [-0.39, 0.29) is 16.4 Å². The Balaban J connectivity index is 2.14. The molecule has 0 unspecified atom stereocenters. The summed E-state index contributed by atoms with van der Waals surface area (Å²) in [5, 5.41) is 4.63. The Labute approximate surface area is 124 Å². The van der Waals surface area contributed by atoms with E-state index < -0.39 is 5.82 Å². The number of thiazole rings is 1. The van der Waals surface area contributed by atoms with Crippen molar-refractivity contribution in [2.24, 2.45) is 5.10 Å². The molecule has 1 heterocycles. The zero-order valence-electron chi connectivity index (χ0n) is 10.8. The van der Waals surface area contributed by atoms with Gasteiger partial charge in [-0.15, -0.1) is 0 Å². The maximum atomic E-state index is 13.5. The lowest BCUT2D eigenvalue weighted by molar-refractivity contribution is 0.102. The summed E-state index contributed by atoms with van der Waals surface area (Å²) in [6.07, 6.45) is 1.28. The number of Topliss-reactive ketones (excluding diaryl/α,β-unsaturated/α-hetero) is 1. The number of carbonyl (C=O) groups excluding carboxylic acids is 1. The van der Waals surface area contributed by atoms with E-state index in [1.54, 1.807) is 13.0 Å². The molecule has 1 N–H and O–H groups in total. The summed E-state index contributed by atoms with van der Waals surface area (Å²) in [4.78, 5) is 16.0. The van der Waals surface area contributed by atoms with E-state index in [0.717, 1.165) is 0 Å². The van der Waals surface area contributed by atoms with Gasteiger partial charge < -0.3 is 0 Å². The minimum Gasteiger partial charge on any atom is -0.294 e. The van der Waals surface area contributed by atoms with Gasteiger partial charge in [0.1, 0.15) is 5.82 Å². The van der Waals surface area contributed by atoms with Crippen LogP contribution in [0.1, 0.15) is 27.9 Å². The van der Waals surface area contributed by atoms with Crippen LogP contribution in [0.3, 0.4) is 0 Å². The molecule has 0 aliphatic rings. The number of anilines is 1. The smallest absolute Gasteiger partial charge is 0.204 e. The van der Waals surface area contributed by atoms with E-state index in [1.165, 1.54) is 36.6 Å². The van der Waals surface area contributed by atoms with Crippen molar-refractivity contribution in [3.05, 3.63) is 45.2 Å². The Morgan fingerprint density at radius 1 is 1.55 bits per heavy atom. The standard InChI is InChI=1S/C13H11ClFN3OS/c1-7-12(8(2)19)20-13(17-7)18-16-6-9-10(14)4-3-5-11(9)15/h3-6H,1-2H3,(H,17,18)/b16-6+. The van der Waals surface area contributed by atoms with Crippen LogP contribution in [-0.2, 0) is 0 Å². The van der Waals surface area contributed by atoms with Gasteiger partial charge in [-0.1, -0.05) is 29.0 Å². The van der Waals surface area contributed by atoms with Crippen LogP contribution in [-0.4, -0.2) is 17.0 Å². The number of aryl methyl sites for hydroxylation is 1. The molecular weight excluding hydrogens is 301 g/mol. The number of rotatable bonds is 4. The van der Waals surface area contributed by atoms with Crippen LogP contribution in [0, 0.1) is 12.7 Å². The fraction of sp³-hybridized carbons (Fsp3) is 0.154. The third-order valence-electron chi connectivity index (χ3n) is 2.47. The summed E-state index contributed by atoms with van der Waals surface area (Å²) in [5.74, 6) is -0.503. The van der Waals surface area contributed by atoms with Crippen LogP contribution in [0.15, 0.2) is 23.3 Å². The first-order chi connectivity index (χ1) is 9.49. The van der Waals surface area contributed by atoms with Gasteiger partial charge in [0, 0.05) is 12.5 Å². The number of nitrogens with one attached hydrogen (secondary N) is 1. The van der Waals surface area contributed by atoms with Gasteiger partial charge in [0.25, 0.3) is 0 Å². The number of benzene rings is 1. The Morgan fingerprint density at radius 3 is 2.90 bits per heavy atom. The van der Waals surface area contributed by atoms with Gasteiger partial charge in [-0.05, 0) is 19.1 Å². The molecular formula is C13H11ClFN3OS. The van der Waals surface area contributed by atoms with Crippen molar-refractivity contribution in [3.63, 3.8) is 0 Å². The Hall–Kier alpha value is -1.79. The van der Waals surface area contributed by atoms with Crippen LogP contribution >= 0.6 is 22.9 Å². The lowest BCUT2D eigenvalue weighted by atomic mass is 10.2. The van der Waals surface area contributed by atoms with Gasteiger partial charge in [0.05, 0.1) is 21.8 Å². The molecule has 20 heavy (non-hydrogen) atoms. The summed E-state index contributed by atoms with van der Waals surface area (Å²) >= 11 is 7.06. The van der Waals surface area contributed by atoms with Gasteiger partial charge in [0.15, 0.2) is 5.78 Å². The quantitative estimate of drug-likeness (QED) is 0.529. The fourth-order valence-electron chi connectivity index (χ4n) is 1.56. The number of hydrogen-bond acceptors (Lipinski definition) is 5. The number of ketones is 1. The molecule has 0 aliphatic heterocycles. The molecule has 0 bridgehead atoms. The SMILES string of the molecule is CC(=O)c1sc(N/N=C/c2c(F)cccc2Cl)nc1C. The first kappa shape index (κ1) is 14.6. The highest BCUT2D eigenvalue weighted by atomic mass is 35.5. The van der Waals surface area contributed by atoms with E-state index in [0.29, 0.717) is 15.7 Å². The molecule has 0 atom stereocenters. The van der Waals surface area contributed by atoms with Gasteiger partial charge in [-0.3, -0.25) is 10.2 Å². The molecule has 0 saturated heterocycles. The van der Waals surface area contributed by atoms with Crippen LogP contribution in [0.5, 0.6) is 0 Å². The predicted molar refractivity (Wildman–Crippen MR) is 79.5 cm³/mol. The fourth-order valence-corrected chi connectivity index (χ4v) is 2.58. The monoisotopic (exact) mass is 311 g/mol. The number of hydrazone groups is 1. The zero-order chi connectivity index (χ0) is 14.7. The van der Waals surface area contributed by atoms with E-state index in [9.17, 15) is 9.18 Å². The molecule has 7 heteroatoms. The highest BCUT2D eigenvalue weighted by Crippen LogP contribution is 2.23. The Morgan fingerprint density at radius 2 is 2.30 bits per heavy atom. The van der Waals surface area contributed by atoms with Crippen LogP contribution in [0.4, 0.5) is 9.52 Å². The second kappa shape index (κ2) is 6.11. The summed E-state index contributed by atoms with van der Waals surface area (Å²) in [7, 11) is 0. The second-order valence-corrected chi connectivity index (χ2v) is 5.40. The van der Waals surface area contributed by atoms with E-state index >= 15 is 0 Å². The van der Waals surface area contributed by atoms with Gasteiger partial charge in [-0.2, -0.15) is 5.10 Å². The summed E-state index contributed by atoms with van der Waals surface area (Å²) in [5.41, 5.74) is 3.50. The Bertz CT molecular complexity index is 664. The van der Waals surface area contributed by atoms with Crippen LogP contribution in [0.2, 0.25) is 5.02 Å². The summed E-state index contributed by atoms with van der Waals surface area (Å²) in [6, 6.07) is 4.40. The minimum atomic E-state index is -0.456. The molecule has 0 saturated carbocycles. The van der Waals surface area contributed by atoms with E-state index in [4.69, 9.17) is 11.6 Å². The molecule has 4 nitrogen and oxygen atoms in total. The molecule has 0 fully saturated rings. The van der Waals surface area contributed by atoms with Crippen molar-refractivity contribution >= 4 is 40.1 Å². The maximum Gasteiger partial charge on any atom is 0.204 e. The molecule has 2 rings (SSSR count). The first-order valence-electron chi connectivity index (χ1n) is 5.70.